The zero-order chi connectivity index (χ0) is 15.7. The van der Waals surface area contributed by atoms with Crippen LogP contribution in [0.1, 0.15) is 36.3 Å². The van der Waals surface area contributed by atoms with Gasteiger partial charge < -0.3 is 10.3 Å². The van der Waals surface area contributed by atoms with Gasteiger partial charge >= 0.3 is 0 Å². The first-order chi connectivity index (χ1) is 10.6. The third-order valence-electron chi connectivity index (χ3n) is 3.45. The molecular formula is C14H17N7O. The van der Waals surface area contributed by atoms with Crippen molar-refractivity contribution in [3.05, 3.63) is 36.3 Å². The van der Waals surface area contributed by atoms with Gasteiger partial charge in [-0.3, -0.25) is 9.48 Å². The van der Waals surface area contributed by atoms with Crippen molar-refractivity contribution in [3.63, 3.8) is 0 Å². The van der Waals surface area contributed by atoms with E-state index in [1.54, 1.807) is 24.0 Å². The first-order valence-corrected chi connectivity index (χ1v) is 7.01. The fourth-order valence-electron chi connectivity index (χ4n) is 2.28. The van der Waals surface area contributed by atoms with Crippen molar-refractivity contribution in [1.29, 1.82) is 0 Å². The molecule has 0 aliphatic carbocycles. The zero-order valence-electron chi connectivity index (χ0n) is 12.6. The predicted octanol–water partition coefficient (Wildman–Crippen LogP) is 1.21. The normalized spacial score (nSPS) is 12.7. The van der Waals surface area contributed by atoms with Crippen molar-refractivity contribution in [2.45, 2.75) is 19.9 Å². The minimum Gasteiger partial charge on any atom is -0.339 e. The van der Waals surface area contributed by atoms with Crippen molar-refractivity contribution in [2.75, 3.05) is 0 Å². The van der Waals surface area contributed by atoms with Gasteiger partial charge in [0.1, 0.15) is 12.2 Å². The highest BCUT2D eigenvalue weighted by atomic mass is 16.2. The van der Waals surface area contributed by atoms with E-state index in [2.05, 4.69) is 30.4 Å². The molecule has 0 aliphatic heterocycles. The van der Waals surface area contributed by atoms with Crippen LogP contribution in [0.4, 0.5) is 0 Å². The van der Waals surface area contributed by atoms with Crippen molar-refractivity contribution >= 4 is 17.1 Å². The number of aromatic nitrogens is 6. The molecule has 22 heavy (non-hydrogen) atoms. The van der Waals surface area contributed by atoms with Crippen LogP contribution in [0.25, 0.3) is 11.2 Å². The Morgan fingerprint density at radius 2 is 2.18 bits per heavy atom. The van der Waals surface area contributed by atoms with E-state index in [9.17, 15) is 4.79 Å². The molecule has 8 heteroatoms. The minimum atomic E-state index is -0.292. The van der Waals surface area contributed by atoms with Gasteiger partial charge in [-0.1, -0.05) is 13.8 Å². The molecule has 0 radical (unpaired) electrons. The number of carbonyl (C=O) groups is 1. The third kappa shape index (κ3) is 2.54. The molecule has 0 fully saturated rings. The fourth-order valence-corrected chi connectivity index (χ4v) is 2.28. The molecule has 3 rings (SSSR count). The Balaban J connectivity index is 1.86. The summed E-state index contributed by atoms with van der Waals surface area (Å²) in [7, 11) is 1.80. The Labute approximate surface area is 127 Å². The number of amides is 1. The molecule has 3 aromatic heterocycles. The smallest absolute Gasteiger partial charge is 0.287 e. The number of carbonyl (C=O) groups excluding carboxylic acids is 1. The van der Waals surface area contributed by atoms with Gasteiger partial charge in [0.2, 0.25) is 0 Å². The van der Waals surface area contributed by atoms with E-state index < -0.39 is 0 Å². The second-order valence-electron chi connectivity index (χ2n) is 5.40. The van der Waals surface area contributed by atoms with E-state index in [1.807, 2.05) is 19.9 Å². The van der Waals surface area contributed by atoms with E-state index in [4.69, 9.17) is 0 Å². The standard InChI is InChI=1S/C14H17N7O/c1-8(2)10(13-16-7-17-21(13)3)19-14(22)12-18-9-5-4-6-15-11(9)20-12/h4-8,10H,1-3H3,(H,19,22)(H,15,18,20)/t10-/m0/s1. The topological polar surface area (TPSA) is 101 Å². The van der Waals surface area contributed by atoms with Crippen LogP contribution in [0, 0.1) is 5.92 Å². The van der Waals surface area contributed by atoms with Crippen LogP contribution in [-0.2, 0) is 7.05 Å². The second kappa shape index (κ2) is 5.55. The predicted molar refractivity (Wildman–Crippen MR) is 79.9 cm³/mol. The SMILES string of the molecule is CC(C)[C@H](NC(=O)c1nc2ncccc2[nH]1)c1ncnn1C. The average molecular weight is 299 g/mol. The molecular weight excluding hydrogens is 282 g/mol. The Morgan fingerprint density at radius 3 is 2.82 bits per heavy atom. The summed E-state index contributed by atoms with van der Waals surface area (Å²) in [4.78, 5) is 28.0. The number of H-pyrrole nitrogens is 1. The van der Waals surface area contributed by atoms with Gasteiger partial charge in [-0.2, -0.15) is 5.10 Å². The molecule has 0 aromatic carbocycles. The Hall–Kier alpha value is -2.77. The molecule has 0 saturated heterocycles. The molecule has 0 aliphatic rings. The number of aryl methyl sites for hydroxylation is 1. The van der Waals surface area contributed by atoms with E-state index in [1.165, 1.54) is 6.33 Å². The lowest BCUT2D eigenvalue weighted by Gasteiger charge is -2.20. The van der Waals surface area contributed by atoms with Crippen LogP contribution in [0.15, 0.2) is 24.7 Å². The first kappa shape index (κ1) is 14.2. The monoisotopic (exact) mass is 299 g/mol. The van der Waals surface area contributed by atoms with Gasteiger partial charge in [-0.05, 0) is 18.1 Å². The van der Waals surface area contributed by atoms with Crippen LogP contribution >= 0.6 is 0 Å². The van der Waals surface area contributed by atoms with Gasteiger partial charge in [0.25, 0.3) is 5.91 Å². The van der Waals surface area contributed by atoms with Gasteiger partial charge in [0, 0.05) is 13.2 Å². The molecule has 0 saturated carbocycles. The molecule has 0 unspecified atom stereocenters. The summed E-state index contributed by atoms with van der Waals surface area (Å²) in [5.41, 5.74) is 1.25. The number of hydrogen-bond acceptors (Lipinski definition) is 5. The lowest BCUT2D eigenvalue weighted by Crippen LogP contribution is -2.34. The first-order valence-electron chi connectivity index (χ1n) is 7.01. The van der Waals surface area contributed by atoms with Crippen molar-refractivity contribution in [2.24, 2.45) is 13.0 Å². The fraction of sp³-hybridized carbons (Fsp3) is 0.357. The van der Waals surface area contributed by atoms with Gasteiger partial charge in [-0.25, -0.2) is 15.0 Å². The number of hydrogen-bond donors (Lipinski definition) is 2. The van der Waals surface area contributed by atoms with Crippen LogP contribution in [-0.4, -0.2) is 35.6 Å². The van der Waals surface area contributed by atoms with Gasteiger partial charge in [-0.15, -0.1) is 0 Å². The maximum absolute atomic E-state index is 12.4. The molecule has 1 atom stereocenters. The van der Waals surface area contributed by atoms with E-state index in [0.717, 1.165) is 5.52 Å². The summed E-state index contributed by atoms with van der Waals surface area (Å²) in [6, 6.07) is 3.37. The molecule has 114 valence electrons. The number of nitrogens with zero attached hydrogens (tertiary/aromatic N) is 5. The Kier molecular flexibility index (Phi) is 3.58. The lowest BCUT2D eigenvalue weighted by molar-refractivity contribution is 0.0912. The molecule has 3 heterocycles. The quantitative estimate of drug-likeness (QED) is 0.754. The maximum Gasteiger partial charge on any atom is 0.287 e. The second-order valence-corrected chi connectivity index (χ2v) is 5.40. The van der Waals surface area contributed by atoms with Crippen LogP contribution in [0.5, 0.6) is 0 Å². The number of pyridine rings is 1. The molecule has 1 amide bonds. The summed E-state index contributed by atoms with van der Waals surface area (Å²) in [6.45, 7) is 4.03. The Morgan fingerprint density at radius 1 is 1.36 bits per heavy atom. The third-order valence-corrected chi connectivity index (χ3v) is 3.45. The van der Waals surface area contributed by atoms with Crippen molar-refractivity contribution in [1.82, 2.24) is 35.0 Å². The van der Waals surface area contributed by atoms with Crippen molar-refractivity contribution < 1.29 is 4.79 Å². The highest BCUT2D eigenvalue weighted by Crippen LogP contribution is 2.19. The molecule has 0 bridgehead atoms. The molecule has 3 aromatic rings. The summed E-state index contributed by atoms with van der Waals surface area (Å²) >= 11 is 0. The summed E-state index contributed by atoms with van der Waals surface area (Å²) in [5.74, 6) is 0.813. The van der Waals surface area contributed by atoms with Crippen molar-refractivity contribution in [3.8, 4) is 0 Å². The number of nitrogens with one attached hydrogen (secondary N) is 2. The maximum atomic E-state index is 12.4. The number of aromatic amines is 1. The zero-order valence-corrected chi connectivity index (χ0v) is 12.6. The lowest BCUT2D eigenvalue weighted by atomic mass is 10.0. The number of rotatable bonds is 4. The van der Waals surface area contributed by atoms with Gasteiger partial charge in [0.15, 0.2) is 11.5 Å². The van der Waals surface area contributed by atoms with E-state index in [-0.39, 0.29) is 23.7 Å². The average Bonchev–Trinajstić information content (AvgIpc) is 3.10. The van der Waals surface area contributed by atoms with Crippen LogP contribution in [0.3, 0.4) is 0 Å². The number of imidazole rings is 1. The molecule has 0 spiro atoms. The van der Waals surface area contributed by atoms with Gasteiger partial charge in [0.05, 0.1) is 11.6 Å². The van der Waals surface area contributed by atoms with E-state index in [0.29, 0.717) is 11.5 Å². The minimum absolute atomic E-state index is 0.161. The highest BCUT2D eigenvalue weighted by molar-refractivity contribution is 5.93. The Bertz CT molecular complexity index is 771. The number of fused-ring (bicyclic) bond motifs is 1. The van der Waals surface area contributed by atoms with Crippen LogP contribution < -0.4 is 5.32 Å². The summed E-state index contributed by atoms with van der Waals surface area (Å²) < 4.78 is 1.66. The van der Waals surface area contributed by atoms with E-state index >= 15 is 0 Å². The molecule has 2 N–H and O–H groups in total. The largest absolute Gasteiger partial charge is 0.339 e. The van der Waals surface area contributed by atoms with Crippen LogP contribution in [0.2, 0.25) is 0 Å². The summed E-state index contributed by atoms with van der Waals surface area (Å²) in [5, 5.41) is 7.01. The highest BCUT2D eigenvalue weighted by Gasteiger charge is 2.24. The molecule has 8 nitrogen and oxygen atoms in total. The summed E-state index contributed by atoms with van der Waals surface area (Å²) in [6.07, 6.45) is 3.11.